The number of aromatic nitrogens is 2. The van der Waals surface area contributed by atoms with Gasteiger partial charge in [-0.05, 0) is 67.6 Å². The second-order valence-corrected chi connectivity index (χ2v) is 11.8. The van der Waals surface area contributed by atoms with Gasteiger partial charge in [-0.1, -0.05) is 54.6 Å². The number of piperazine rings is 1. The van der Waals surface area contributed by atoms with E-state index in [-0.39, 0.29) is 17.6 Å². The van der Waals surface area contributed by atoms with Crippen LogP contribution in [0.1, 0.15) is 29.5 Å². The number of urea groups is 1. The third-order valence-electron chi connectivity index (χ3n) is 8.81. The largest absolute Gasteiger partial charge is 0.376 e. The molecule has 0 spiro atoms. The SMILES string of the molecule is Cc1ccc(NC(=O)N2CCN(c3cnn(-c4ccccc4)c(=O)c3NC3CCN(Cc4ccccc4)CC3)CC2)cc1C. The summed E-state index contributed by atoms with van der Waals surface area (Å²) in [6.07, 6.45) is 3.70. The number of rotatable bonds is 7. The molecule has 9 heteroatoms. The molecule has 6 rings (SSSR count). The number of hydrogen-bond donors (Lipinski definition) is 2. The van der Waals surface area contributed by atoms with Crippen LogP contribution in [0.15, 0.2) is 89.9 Å². The van der Waals surface area contributed by atoms with Crippen molar-refractivity contribution >= 4 is 23.1 Å². The number of para-hydroxylation sites is 1. The highest BCUT2D eigenvalue weighted by Gasteiger charge is 2.27. The summed E-state index contributed by atoms with van der Waals surface area (Å²) >= 11 is 0. The van der Waals surface area contributed by atoms with Gasteiger partial charge in [-0.3, -0.25) is 9.69 Å². The molecular formula is C35H41N7O2. The zero-order valence-corrected chi connectivity index (χ0v) is 25.6. The summed E-state index contributed by atoms with van der Waals surface area (Å²) in [6, 6.07) is 26.2. The molecule has 4 aromatic rings. The van der Waals surface area contributed by atoms with Crippen molar-refractivity contribution in [1.82, 2.24) is 19.6 Å². The van der Waals surface area contributed by atoms with Gasteiger partial charge < -0.3 is 20.4 Å². The van der Waals surface area contributed by atoms with E-state index in [1.165, 1.54) is 15.8 Å². The lowest BCUT2D eigenvalue weighted by Gasteiger charge is -2.37. The summed E-state index contributed by atoms with van der Waals surface area (Å²) in [5, 5.41) is 11.3. The molecule has 0 atom stereocenters. The highest BCUT2D eigenvalue weighted by Crippen LogP contribution is 2.27. The molecule has 0 saturated carbocycles. The molecule has 2 aliphatic rings. The topological polar surface area (TPSA) is 85.7 Å². The zero-order valence-electron chi connectivity index (χ0n) is 25.6. The summed E-state index contributed by atoms with van der Waals surface area (Å²) < 4.78 is 1.48. The van der Waals surface area contributed by atoms with Gasteiger partial charge in [0.2, 0.25) is 0 Å². The van der Waals surface area contributed by atoms with Crippen LogP contribution < -0.4 is 21.1 Å². The fourth-order valence-electron chi connectivity index (χ4n) is 6.03. The van der Waals surface area contributed by atoms with Gasteiger partial charge in [0, 0.05) is 57.5 Å². The van der Waals surface area contributed by atoms with Crippen molar-refractivity contribution in [2.24, 2.45) is 0 Å². The molecule has 2 amide bonds. The predicted octanol–water partition coefficient (Wildman–Crippen LogP) is 5.28. The van der Waals surface area contributed by atoms with Gasteiger partial charge in [-0.2, -0.15) is 9.78 Å². The maximum atomic E-state index is 14.0. The van der Waals surface area contributed by atoms with Crippen LogP contribution in [0.25, 0.3) is 5.69 Å². The fourth-order valence-corrected chi connectivity index (χ4v) is 6.03. The maximum Gasteiger partial charge on any atom is 0.321 e. The van der Waals surface area contributed by atoms with Crippen LogP contribution in [0.3, 0.4) is 0 Å². The monoisotopic (exact) mass is 591 g/mol. The van der Waals surface area contributed by atoms with Crippen molar-refractivity contribution in [3.63, 3.8) is 0 Å². The van der Waals surface area contributed by atoms with Crippen LogP contribution in [-0.4, -0.2) is 70.9 Å². The number of carbonyl (C=O) groups excluding carboxylic acids is 1. The minimum Gasteiger partial charge on any atom is -0.376 e. The number of piperidine rings is 1. The average molecular weight is 592 g/mol. The molecule has 228 valence electrons. The first kappa shape index (κ1) is 29.4. The first-order chi connectivity index (χ1) is 21.4. The van der Waals surface area contributed by atoms with Gasteiger partial charge in [-0.25, -0.2) is 4.79 Å². The normalized spacial score (nSPS) is 16.1. The summed E-state index contributed by atoms with van der Waals surface area (Å²) in [5.74, 6) is 0. The molecule has 9 nitrogen and oxygen atoms in total. The summed E-state index contributed by atoms with van der Waals surface area (Å²) in [6.45, 7) is 9.31. The van der Waals surface area contributed by atoms with Crippen LogP contribution in [0.2, 0.25) is 0 Å². The van der Waals surface area contributed by atoms with Crippen molar-refractivity contribution in [2.75, 3.05) is 54.8 Å². The molecule has 0 unspecified atom stereocenters. The van der Waals surface area contributed by atoms with Crippen LogP contribution in [-0.2, 0) is 6.54 Å². The Labute approximate surface area is 259 Å². The van der Waals surface area contributed by atoms with Crippen LogP contribution in [0, 0.1) is 13.8 Å². The van der Waals surface area contributed by atoms with Gasteiger partial charge in [0.1, 0.15) is 5.69 Å². The number of benzene rings is 3. The molecule has 0 radical (unpaired) electrons. The molecule has 1 aromatic heterocycles. The van der Waals surface area contributed by atoms with E-state index in [4.69, 9.17) is 0 Å². The Balaban J connectivity index is 1.16. The third kappa shape index (κ3) is 6.78. The molecule has 44 heavy (non-hydrogen) atoms. The second-order valence-electron chi connectivity index (χ2n) is 11.8. The lowest BCUT2D eigenvalue weighted by Crippen LogP contribution is -2.50. The molecule has 0 aliphatic carbocycles. The Morgan fingerprint density at radius 3 is 2.20 bits per heavy atom. The molecule has 2 saturated heterocycles. The number of likely N-dealkylation sites (tertiary alicyclic amines) is 1. The average Bonchev–Trinajstić information content (AvgIpc) is 3.05. The number of hydrogen-bond acceptors (Lipinski definition) is 6. The molecular weight excluding hydrogens is 550 g/mol. The van der Waals surface area contributed by atoms with E-state index in [0.29, 0.717) is 31.9 Å². The molecule has 3 aromatic carbocycles. The van der Waals surface area contributed by atoms with Crippen molar-refractivity contribution in [1.29, 1.82) is 0 Å². The minimum atomic E-state index is -0.157. The van der Waals surface area contributed by atoms with E-state index in [9.17, 15) is 9.59 Å². The predicted molar refractivity (Wildman–Crippen MR) is 177 cm³/mol. The number of carbonyl (C=O) groups is 1. The van der Waals surface area contributed by atoms with E-state index < -0.39 is 0 Å². The van der Waals surface area contributed by atoms with Crippen LogP contribution >= 0.6 is 0 Å². The fraction of sp³-hybridized carbons (Fsp3) is 0.343. The van der Waals surface area contributed by atoms with E-state index >= 15 is 0 Å². The van der Waals surface area contributed by atoms with E-state index in [1.54, 1.807) is 6.20 Å². The van der Waals surface area contributed by atoms with Gasteiger partial charge in [0.15, 0.2) is 0 Å². The standard InChI is InChI=1S/C35H41N7O2/c1-26-13-14-30(23-27(26)2)38-35(44)41-21-19-40(20-22-41)32-24-36-42(31-11-7-4-8-12-31)34(43)33(32)37-29-15-17-39(18-16-29)25-28-9-5-3-6-10-28/h3-14,23-24,29,37H,15-22,25H2,1-2H3,(H,38,44). The first-order valence-corrected chi connectivity index (χ1v) is 15.5. The lowest BCUT2D eigenvalue weighted by atomic mass is 10.0. The molecule has 2 N–H and O–H groups in total. The Hall–Kier alpha value is -4.63. The second kappa shape index (κ2) is 13.3. The van der Waals surface area contributed by atoms with Crippen LogP contribution in [0.4, 0.5) is 21.9 Å². The van der Waals surface area contributed by atoms with Gasteiger partial charge in [0.25, 0.3) is 5.56 Å². The summed E-state index contributed by atoms with van der Waals surface area (Å²) in [5.41, 5.74) is 6.42. The minimum absolute atomic E-state index is 0.105. The van der Waals surface area contributed by atoms with Crippen molar-refractivity contribution in [2.45, 2.75) is 39.3 Å². The smallest absolute Gasteiger partial charge is 0.321 e. The molecule has 2 fully saturated rings. The zero-order chi connectivity index (χ0) is 30.5. The van der Waals surface area contributed by atoms with Crippen molar-refractivity contribution in [3.8, 4) is 5.69 Å². The lowest BCUT2D eigenvalue weighted by molar-refractivity contribution is 0.208. The number of amides is 2. The molecule has 3 heterocycles. The van der Waals surface area contributed by atoms with Gasteiger partial charge in [0.05, 0.1) is 17.6 Å². The van der Waals surface area contributed by atoms with Gasteiger partial charge in [-0.15, -0.1) is 0 Å². The third-order valence-corrected chi connectivity index (χ3v) is 8.81. The van der Waals surface area contributed by atoms with E-state index in [1.807, 2.05) is 60.4 Å². The highest BCUT2D eigenvalue weighted by atomic mass is 16.2. The Kier molecular flexibility index (Phi) is 8.93. The van der Waals surface area contributed by atoms with Crippen molar-refractivity contribution < 1.29 is 4.79 Å². The van der Waals surface area contributed by atoms with E-state index in [0.717, 1.165) is 55.1 Å². The van der Waals surface area contributed by atoms with Crippen molar-refractivity contribution in [3.05, 3.63) is 112 Å². The molecule has 0 bridgehead atoms. The Bertz CT molecular complexity index is 1620. The summed E-state index contributed by atoms with van der Waals surface area (Å²) in [4.78, 5) is 33.5. The first-order valence-electron chi connectivity index (χ1n) is 15.5. The quantitative estimate of drug-likeness (QED) is 0.304. The highest BCUT2D eigenvalue weighted by molar-refractivity contribution is 5.89. The summed E-state index contributed by atoms with van der Waals surface area (Å²) in [7, 11) is 0. The van der Waals surface area contributed by atoms with Gasteiger partial charge >= 0.3 is 6.03 Å². The Morgan fingerprint density at radius 2 is 1.52 bits per heavy atom. The van der Waals surface area contributed by atoms with Crippen LogP contribution in [0.5, 0.6) is 0 Å². The van der Waals surface area contributed by atoms with E-state index in [2.05, 4.69) is 62.8 Å². The number of aryl methyl sites for hydroxylation is 2. The number of nitrogens with one attached hydrogen (secondary N) is 2. The number of anilines is 3. The Morgan fingerprint density at radius 1 is 0.841 bits per heavy atom. The maximum absolute atomic E-state index is 14.0. The number of nitrogens with zero attached hydrogens (tertiary/aromatic N) is 5. The molecule has 2 aliphatic heterocycles.